The van der Waals surface area contributed by atoms with Crippen LogP contribution in [0.1, 0.15) is 34.6 Å². The second-order valence-electron chi connectivity index (χ2n) is 8.36. The van der Waals surface area contributed by atoms with Gasteiger partial charge in [0.1, 0.15) is 11.4 Å². The number of hydrogen-bond acceptors (Lipinski definition) is 6. The average Bonchev–Trinajstić information content (AvgIpc) is 2.68. The molecule has 10 nitrogen and oxygen atoms in total. The molecule has 184 valence electrons. The summed E-state index contributed by atoms with van der Waals surface area (Å²) in [5.41, 5.74) is -0.462. The highest BCUT2D eigenvalue weighted by Gasteiger charge is 2.23. The third-order valence-corrected chi connectivity index (χ3v) is 5.64. The summed E-state index contributed by atoms with van der Waals surface area (Å²) in [6.45, 7) is 7.62. The Balaban J connectivity index is 2.06. The number of nitrogens with one attached hydrogen (secondary N) is 4. The van der Waals surface area contributed by atoms with Crippen LogP contribution in [0.4, 0.5) is 26.2 Å². The summed E-state index contributed by atoms with van der Waals surface area (Å²) in [7, 11) is -4.05. The van der Waals surface area contributed by atoms with Gasteiger partial charge in [-0.25, -0.2) is 17.6 Å². The lowest BCUT2D eigenvalue weighted by Gasteiger charge is -2.20. The molecule has 4 N–H and O–H groups in total. The molecule has 0 aliphatic carbocycles. The summed E-state index contributed by atoms with van der Waals surface area (Å²) in [4.78, 5) is 35.4. The molecule has 2 rings (SSSR count). The van der Waals surface area contributed by atoms with Crippen LogP contribution in [0, 0.1) is 5.82 Å². The normalized spacial score (nSPS) is 12.4. The molecule has 0 spiro atoms. The Kier molecular flexibility index (Phi) is 8.35. The van der Waals surface area contributed by atoms with E-state index in [-0.39, 0.29) is 22.2 Å². The predicted octanol–water partition coefficient (Wildman–Crippen LogP) is 3.44. The molecule has 0 unspecified atom stereocenters. The molecule has 0 saturated carbocycles. The summed E-state index contributed by atoms with van der Waals surface area (Å²) in [6.07, 6.45) is -0.875. The van der Waals surface area contributed by atoms with Gasteiger partial charge in [-0.2, -0.15) is 4.72 Å². The lowest BCUT2D eigenvalue weighted by Crippen LogP contribution is -2.41. The number of halogens is 1. The fourth-order valence-electron chi connectivity index (χ4n) is 2.64. The number of anilines is 3. The Morgan fingerprint density at radius 1 is 0.941 bits per heavy atom. The molecule has 0 fully saturated rings. The van der Waals surface area contributed by atoms with Crippen molar-refractivity contribution in [2.45, 2.75) is 51.2 Å². The van der Waals surface area contributed by atoms with Crippen molar-refractivity contribution in [2.75, 3.05) is 16.0 Å². The highest BCUT2D eigenvalue weighted by molar-refractivity contribution is 7.89. The first-order chi connectivity index (χ1) is 15.7. The highest BCUT2D eigenvalue weighted by atomic mass is 32.2. The minimum atomic E-state index is -4.05. The van der Waals surface area contributed by atoms with Crippen LogP contribution < -0.4 is 20.7 Å². The molecule has 0 aromatic heterocycles. The topological polar surface area (TPSA) is 143 Å². The van der Waals surface area contributed by atoms with Crippen molar-refractivity contribution in [2.24, 2.45) is 0 Å². The van der Waals surface area contributed by atoms with Gasteiger partial charge in [-0.15, -0.1) is 0 Å². The lowest BCUT2D eigenvalue weighted by atomic mass is 10.2. The van der Waals surface area contributed by atoms with Crippen LogP contribution in [0.3, 0.4) is 0 Å². The van der Waals surface area contributed by atoms with Gasteiger partial charge in [0.15, 0.2) is 0 Å². The monoisotopic (exact) mass is 494 g/mol. The van der Waals surface area contributed by atoms with Crippen LogP contribution in [-0.4, -0.2) is 38.0 Å². The van der Waals surface area contributed by atoms with Crippen LogP contribution in [0.15, 0.2) is 47.4 Å². The van der Waals surface area contributed by atoms with Crippen LogP contribution in [-0.2, 0) is 24.3 Å². The third kappa shape index (κ3) is 8.12. The highest BCUT2D eigenvalue weighted by Crippen LogP contribution is 2.21. The van der Waals surface area contributed by atoms with Gasteiger partial charge in [0.25, 0.3) is 0 Å². The van der Waals surface area contributed by atoms with Crippen LogP contribution >= 0.6 is 0 Å². The molecule has 0 heterocycles. The van der Waals surface area contributed by atoms with Crippen molar-refractivity contribution in [3.05, 3.63) is 48.3 Å². The number of ether oxygens (including phenoxy) is 1. The predicted molar refractivity (Wildman–Crippen MR) is 125 cm³/mol. The minimum absolute atomic E-state index is 0.105. The molecule has 0 radical (unpaired) electrons. The van der Waals surface area contributed by atoms with Crippen molar-refractivity contribution in [1.82, 2.24) is 4.72 Å². The number of benzene rings is 2. The smallest absolute Gasteiger partial charge is 0.412 e. The maximum Gasteiger partial charge on any atom is 0.412 e. The number of amides is 3. The van der Waals surface area contributed by atoms with Gasteiger partial charge in [0.05, 0.1) is 16.6 Å². The Hall–Kier alpha value is -3.51. The molecular weight excluding hydrogens is 467 g/mol. The first-order valence-electron chi connectivity index (χ1n) is 10.2. The van der Waals surface area contributed by atoms with Crippen molar-refractivity contribution < 1.29 is 31.9 Å². The number of carbonyl (C=O) groups excluding carboxylic acids is 3. The molecule has 2 aromatic carbocycles. The summed E-state index contributed by atoms with van der Waals surface area (Å²) in [5, 5.41) is 7.25. The number of hydrogen-bond donors (Lipinski definition) is 4. The van der Waals surface area contributed by atoms with Gasteiger partial charge in [-0.3, -0.25) is 14.9 Å². The van der Waals surface area contributed by atoms with Crippen LogP contribution in [0.25, 0.3) is 0 Å². The zero-order valence-electron chi connectivity index (χ0n) is 19.4. The number of sulfonamides is 1. The van der Waals surface area contributed by atoms with E-state index in [1.165, 1.54) is 50.2 Å². The minimum Gasteiger partial charge on any atom is -0.444 e. The van der Waals surface area contributed by atoms with Gasteiger partial charge >= 0.3 is 6.09 Å². The first-order valence-corrected chi connectivity index (χ1v) is 11.6. The van der Waals surface area contributed by atoms with E-state index in [0.29, 0.717) is 5.69 Å². The Labute approximate surface area is 197 Å². The van der Waals surface area contributed by atoms with Gasteiger partial charge in [-0.1, -0.05) is 0 Å². The van der Waals surface area contributed by atoms with E-state index in [4.69, 9.17) is 4.74 Å². The van der Waals surface area contributed by atoms with Crippen molar-refractivity contribution in [1.29, 1.82) is 0 Å². The molecular formula is C22H27FN4O6S. The molecule has 3 amide bonds. The van der Waals surface area contributed by atoms with Gasteiger partial charge in [0, 0.05) is 18.3 Å². The quantitative estimate of drug-likeness (QED) is 0.464. The first kappa shape index (κ1) is 26.7. The Morgan fingerprint density at radius 3 is 2.09 bits per heavy atom. The molecule has 1 atom stereocenters. The molecule has 0 saturated heterocycles. The SMILES string of the molecule is CC(=O)Nc1ccc(S(=O)(=O)N[C@@H](C)C(=O)Nc2ccc(F)c(NC(=O)OC(C)(C)C)c2)cc1. The van der Waals surface area contributed by atoms with E-state index < -0.39 is 39.5 Å². The summed E-state index contributed by atoms with van der Waals surface area (Å²) in [6, 6.07) is 7.69. The standard InChI is InChI=1S/C22H27FN4O6S/c1-13(27-34(31,32)17-9-6-15(7-10-17)24-14(2)28)20(29)25-16-8-11-18(23)19(12-16)26-21(30)33-22(3,4)5/h6-13,27H,1-5H3,(H,24,28)(H,25,29)(H,26,30)/t13-/m0/s1. The van der Waals surface area contributed by atoms with Gasteiger partial charge in [0.2, 0.25) is 21.8 Å². The van der Waals surface area contributed by atoms with Crippen molar-refractivity contribution in [3.63, 3.8) is 0 Å². The summed E-state index contributed by atoms with van der Waals surface area (Å²) >= 11 is 0. The van der Waals surface area contributed by atoms with Gasteiger partial charge in [-0.05, 0) is 70.2 Å². The van der Waals surface area contributed by atoms with E-state index in [2.05, 4.69) is 20.7 Å². The fraction of sp³-hybridized carbons (Fsp3) is 0.318. The summed E-state index contributed by atoms with van der Waals surface area (Å²) < 4.78 is 46.5. The Morgan fingerprint density at radius 2 is 1.53 bits per heavy atom. The number of carbonyl (C=O) groups is 3. The van der Waals surface area contributed by atoms with Gasteiger partial charge < -0.3 is 15.4 Å². The van der Waals surface area contributed by atoms with Crippen molar-refractivity contribution >= 4 is 45.0 Å². The largest absolute Gasteiger partial charge is 0.444 e. The van der Waals surface area contributed by atoms with E-state index in [9.17, 15) is 27.2 Å². The van der Waals surface area contributed by atoms with E-state index in [1.807, 2.05) is 0 Å². The lowest BCUT2D eigenvalue weighted by molar-refractivity contribution is -0.117. The number of rotatable bonds is 7. The van der Waals surface area contributed by atoms with Crippen LogP contribution in [0.2, 0.25) is 0 Å². The summed E-state index contributed by atoms with van der Waals surface area (Å²) in [5.74, 6) is -1.77. The second-order valence-corrected chi connectivity index (χ2v) is 10.1. The zero-order chi connectivity index (χ0) is 25.7. The molecule has 12 heteroatoms. The van der Waals surface area contributed by atoms with E-state index >= 15 is 0 Å². The fourth-order valence-corrected chi connectivity index (χ4v) is 3.84. The second kappa shape index (κ2) is 10.6. The van der Waals surface area contributed by atoms with E-state index in [1.54, 1.807) is 20.8 Å². The molecule has 0 aliphatic rings. The third-order valence-electron chi connectivity index (χ3n) is 4.08. The zero-order valence-corrected chi connectivity index (χ0v) is 20.2. The maximum atomic E-state index is 14.1. The van der Waals surface area contributed by atoms with Crippen LogP contribution in [0.5, 0.6) is 0 Å². The maximum absolute atomic E-state index is 14.1. The average molecular weight is 495 g/mol. The van der Waals surface area contributed by atoms with E-state index in [0.717, 1.165) is 6.07 Å². The Bertz CT molecular complexity index is 1180. The molecule has 2 aromatic rings. The molecule has 34 heavy (non-hydrogen) atoms. The molecule has 0 bridgehead atoms. The van der Waals surface area contributed by atoms with Crippen molar-refractivity contribution in [3.8, 4) is 0 Å². The molecule has 0 aliphatic heterocycles.